The number of carbonyl (C=O) groups excluding carboxylic acids is 1. The van der Waals surface area contributed by atoms with E-state index in [4.69, 9.17) is 4.74 Å². The highest BCUT2D eigenvalue weighted by atomic mass is 19.1. The number of benzene rings is 1. The van der Waals surface area contributed by atoms with E-state index in [2.05, 4.69) is 0 Å². The van der Waals surface area contributed by atoms with E-state index in [-0.39, 0.29) is 17.6 Å². The highest BCUT2D eigenvalue weighted by Crippen LogP contribution is 2.13. The molecule has 2 nitrogen and oxygen atoms in total. The van der Waals surface area contributed by atoms with Crippen LogP contribution >= 0.6 is 0 Å². The summed E-state index contributed by atoms with van der Waals surface area (Å²) in [6.07, 6.45) is 0.344. The molecule has 0 radical (unpaired) electrons. The third-order valence-electron chi connectivity index (χ3n) is 1.60. The minimum Gasteiger partial charge on any atom is -0.426 e. The molecule has 0 bridgehead atoms. The van der Waals surface area contributed by atoms with Crippen molar-refractivity contribution in [3.8, 4) is 5.75 Å². The van der Waals surface area contributed by atoms with E-state index in [0.29, 0.717) is 6.42 Å². The standard InChI is InChI=1S/C11H13FO2/c1-8(2)6-11(13)14-10-5-3-4-9(12)7-10/h3-5,7-8H,6H2,1-2H3. The molecule has 0 unspecified atom stereocenters. The van der Waals surface area contributed by atoms with Crippen LogP contribution in [0.2, 0.25) is 0 Å². The fourth-order valence-corrected chi connectivity index (χ4v) is 1.04. The summed E-state index contributed by atoms with van der Waals surface area (Å²) in [5.74, 6) is -0.225. The normalized spacial score (nSPS) is 10.3. The molecule has 76 valence electrons. The molecule has 0 N–H and O–H groups in total. The van der Waals surface area contributed by atoms with Crippen LogP contribution < -0.4 is 4.74 Å². The molecule has 0 aliphatic heterocycles. The number of ether oxygens (including phenoxy) is 1. The van der Waals surface area contributed by atoms with E-state index in [1.54, 1.807) is 6.07 Å². The Labute approximate surface area is 82.7 Å². The number of hydrogen-bond acceptors (Lipinski definition) is 2. The first kappa shape index (κ1) is 10.7. The van der Waals surface area contributed by atoms with E-state index in [0.717, 1.165) is 0 Å². The summed E-state index contributed by atoms with van der Waals surface area (Å²) in [5.41, 5.74) is 0. The van der Waals surface area contributed by atoms with E-state index in [1.807, 2.05) is 13.8 Å². The maximum atomic E-state index is 12.7. The molecule has 0 saturated carbocycles. The van der Waals surface area contributed by atoms with E-state index < -0.39 is 5.82 Å². The number of rotatable bonds is 3. The number of esters is 1. The smallest absolute Gasteiger partial charge is 0.311 e. The lowest BCUT2D eigenvalue weighted by Crippen LogP contribution is -2.10. The van der Waals surface area contributed by atoms with Crippen LogP contribution in [0.15, 0.2) is 24.3 Å². The maximum absolute atomic E-state index is 12.7. The van der Waals surface area contributed by atoms with Crippen LogP contribution in [-0.4, -0.2) is 5.97 Å². The summed E-state index contributed by atoms with van der Waals surface area (Å²) in [6, 6.07) is 5.56. The Bertz CT molecular complexity index is 321. The van der Waals surface area contributed by atoms with Gasteiger partial charge in [-0.2, -0.15) is 0 Å². The average Bonchev–Trinajstić information content (AvgIpc) is 2.01. The van der Waals surface area contributed by atoms with E-state index >= 15 is 0 Å². The summed E-state index contributed by atoms with van der Waals surface area (Å²) >= 11 is 0. The second-order valence-electron chi connectivity index (χ2n) is 3.53. The molecular weight excluding hydrogens is 183 g/mol. The molecule has 0 amide bonds. The van der Waals surface area contributed by atoms with Crippen LogP contribution in [0.1, 0.15) is 20.3 Å². The maximum Gasteiger partial charge on any atom is 0.311 e. The summed E-state index contributed by atoms with van der Waals surface area (Å²) in [4.78, 5) is 11.2. The van der Waals surface area contributed by atoms with Gasteiger partial charge in [-0.15, -0.1) is 0 Å². The van der Waals surface area contributed by atoms with Crippen molar-refractivity contribution in [1.29, 1.82) is 0 Å². The van der Waals surface area contributed by atoms with Crippen molar-refractivity contribution >= 4 is 5.97 Å². The molecule has 0 spiro atoms. The topological polar surface area (TPSA) is 26.3 Å². The average molecular weight is 196 g/mol. The van der Waals surface area contributed by atoms with Crippen molar-refractivity contribution < 1.29 is 13.9 Å². The SMILES string of the molecule is CC(C)CC(=O)Oc1cccc(F)c1. The van der Waals surface area contributed by atoms with Gasteiger partial charge in [0.15, 0.2) is 0 Å². The molecule has 1 rings (SSSR count). The van der Waals surface area contributed by atoms with E-state index in [9.17, 15) is 9.18 Å². The Morgan fingerprint density at radius 3 is 2.79 bits per heavy atom. The highest BCUT2D eigenvalue weighted by Gasteiger charge is 2.07. The fourth-order valence-electron chi connectivity index (χ4n) is 1.04. The van der Waals surface area contributed by atoms with Gasteiger partial charge in [0.2, 0.25) is 0 Å². The zero-order valence-electron chi connectivity index (χ0n) is 8.29. The summed E-state index contributed by atoms with van der Waals surface area (Å²) in [7, 11) is 0. The predicted molar refractivity (Wildman–Crippen MR) is 51.5 cm³/mol. The lowest BCUT2D eigenvalue weighted by atomic mass is 10.1. The molecule has 1 aromatic rings. The first-order valence-electron chi connectivity index (χ1n) is 4.54. The molecule has 3 heteroatoms. The number of carbonyl (C=O) groups is 1. The van der Waals surface area contributed by atoms with Crippen molar-refractivity contribution in [3.63, 3.8) is 0 Å². The van der Waals surface area contributed by atoms with Gasteiger partial charge in [0.05, 0.1) is 0 Å². The second-order valence-corrected chi connectivity index (χ2v) is 3.53. The monoisotopic (exact) mass is 196 g/mol. The lowest BCUT2D eigenvalue weighted by Gasteiger charge is -2.05. The summed E-state index contributed by atoms with van der Waals surface area (Å²) in [5, 5.41) is 0. The first-order valence-corrected chi connectivity index (χ1v) is 4.54. The zero-order valence-corrected chi connectivity index (χ0v) is 8.29. The van der Waals surface area contributed by atoms with Gasteiger partial charge in [-0.25, -0.2) is 4.39 Å². The van der Waals surface area contributed by atoms with Gasteiger partial charge in [0, 0.05) is 12.5 Å². The minimum atomic E-state index is -0.403. The van der Waals surface area contributed by atoms with Crippen molar-refractivity contribution in [3.05, 3.63) is 30.1 Å². The quantitative estimate of drug-likeness (QED) is 0.549. The molecule has 0 heterocycles. The number of hydrogen-bond donors (Lipinski definition) is 0. The Morgan fingerprint density at radius 2 is 2.21 bits per heavy atom. The lowest BCUT2D eigenvalue weighted by molar-refractivity contribution is -0.135. The van der Waals surface area contributed by atoms with Crippen molar-refractivity contribution in [2.75, 3.05) is 0 Å². The molecule has 0 aliphatic carbocycles. The zero-order chi connectivity index (χ0) is 10.6. The van der Waals surface area contributed by atoms with Crippen LogP contribution in [0.5, 0.6) is 5.75 Å². The van der Waals surface area contributed by atoms with Crippen molar-refractivity contribution in [2.24, 2.45) is 5.92 Å². The van der Waals surface area contributed by atoms with Crippen LogP contribution in [-0.2, 0) is 4.79 Å². The third kappa shape index (κ3) is 3.56. The van der Waals surface area contributed by atoms with Crippen molar-refractivity contribution in [1.82, 2.24) is 0 Å². The number of halogens is 1. The van der Waals surface area contributed by atoms with Gasteiger partial charge in [0.25, 0.3) is 0 Å². The molecule has 14 heavy (non-hydrogen) atoms. The second kappa shape index (κ2) is 4.74. The van der Waals surface area contributed by atoms with E-state index in [1.165, 1.54) is 18.2 Å². The van der Waals surface area contributed by atoms with Gasteiger partial charge >= 0.3 is 5.97 Å². The highest BCUT2D eigenvalue weighted by molar-refractivity contribution is 5.72. The summed E-state index contributed by atoms with van der Waals surface area (Å²) < 4.78 is 17.6. The van der Waals surface area contributed by atoms with Gasteiger partial charge in [0.1, 0.15) is 11.6 Å². The van der Waals surface area contributed by atoms with Gasteiger partial charge in [-0.05, 0) is 18.1 Å². The predicted octanol–water partition coefficient (Wildman–Crippen LogP) is 2.78. The molecule has 0 fully saturated rings. The van der Waals surface area contributed by atoms with Crippen LogP contribution in [0.3, 0.4) is 0 Å². The van der Waals surface area contributed by atoms with Crippen LogP contribution in [0, 0.1) is 11.7 Å². The fraction of sp³-hybridized carbons (Fsp3) is 0.364. The Balaban J connectivity index is 2.56. The van der Waals surface area contributed by atoms with Crippen LogP contribution in [0.4, 0.5) is 4.39 Å². The largest absolute Gasteiger partial charge is 0.426 e. The Morgan fingerprint density at radius 1 is 1.50 bits per heavy atom. The molecule has 1 aromatic carbocycles. The summed E-state index contributed by atoms with van der Waals surface area (Å²) in [6.45, 7) is 3.85. The van der Waals surface area contributed by atoms with Gasteiger partial charge in [-0.1, -0.05) is 19.9 Å². The molecule has 0 aliphatic rings. The molecular formula is C11H13FO2. The third-order valence-corrected chi connectivity index (χ3v) is 1.60. The molecule has 0 aromatic heterocycles. The molecule has 0 atom stereocenters. The van der Waals surface area contributed by atoms with Gasteiger partial charge < -0.3 is 4.74 Å². The minimum absolute atomic E-state index is 0.246. The Kier molecular flexibility index (Phi) is 3.63. The van der Waals surface area contributed by atoms with Gasteiger partial charge in [-0.3, -0.25) is 4.79 Å². The Hall–Kier alpha value is -1.38. The van der Waals surface area contributed by atoms with Crippen LogP contribution in [0.25, 0.3) is 0 Å². The first-order chi connectivity index (χ1) is 6.58. The molecule has 0 saturated heterocycles. The van der Waals surface area contributed by atoms with Crippen molar-refractivity contribution in [2.45, 2.75) is 20.3 Å².